The van der Waals surface area contributed by atoms with E-state index in [1.807, 2.05) is 24.3 Å². The second kappa shape index (κ2) is 8.48. The molecule has 3 rings (SSSR count). The van der Waals surface area contributed by atoms with Gasteiger partial charge >= 0.3 is 0 Å². The van der Waals surface area contributed by atoms with Crippen LogP contribution in [0.4, 0.5) is 10.8 Å². The zero-order chi connectivity index (χ0) is 16.8. The quantitative estimate of drug-likeness (QED) is 0.614. The van der Waals surface area contributed by atoms with E-state index in [1.54, 1.807) is 11.8 Å². The maximum Gasteiger partial charge on any atom is 0.257 e. The fraction of sp³-hybridized carbons (Fsp3) is 0.471. The van der Waals surface area contributed by atoms with E-state index < -0.39 is 0 Å². The van der Waals surface area contributed by atoms with E-state index in [4.69, 9.17) is 0 Å². The smallest absolute Gasteiger partial charge is 0.257 e. The van der Waals surface area contributed by atoms with Crippen LogP contribution in [0.5, 0.6) is 0 Å². The van der Waals surface area contributed by atoms with E-state index in [2.05, 4.69) is 27.3 Å². The first kappa shape index (κ1) is 17.2. The number of nitrogens with one attached hydrogen (secondary N) is 1. The summed E-state index contributed by atoms with van der Waals surface area (Å²) in [5, 5.41) is 11.5. The molecule has 0 bridgehead atoms. The first-order chi connectivity index (χ1) is 11.8. The normalized spacial score (nSPS) is 14.6. The molecular formula is C17H22N4OS2. The fourth-order valence-corrected chi connectivity index (χ4v) is 4.33. The summed E-state index contributed by atoms with van der Waals surface area (Å²) in [6.07, 6.45) is 4.90. The second-order valence-corrected chi connectivity index (χ2v) is 8.09. The van der Waals surface area contributed by atoms with E-state index in [0.29, 0.717) is 10.7 Å². The Labute approximate surface area is 150 Å². The van der Waals surface area contributed by atoms with Crippen molar-refractivity contribution >= 4 is 39.8 Å². The summed E-state index contributed by atoms with van der Waals surface area (Å²) >= 11 is 3.09. The van der Waals surface area contributed by atoms with Crippen molar-refractivity contribution < 1.29 is 4.79 Å². The van der Waals surface area contributed by atoms with Crippen LogP contribution in [0.1, 0.15) is 43.0 Å². The summed E-state index contributed by atoms with van der Waals surface area (Å²) in [5.74, 6) is 0.879. The SMILES string of the molecule is CCCSc1nnc(NC(=O)c2ccc(N3CCCCC3)cc2)s1. The number of amides is 1. The zero-order valence-corrected chi connectivity index (χ0v) is 15.5. The van der Waals surface area contributed by atoms with Gasteiger partial charge in [-0.25, -0.2) is 0 Å². The molecular weight excluding hydrogens is 340 g/mol. The molecule has 1 amide bonds. The number of nitrogens with zero attached hydrogens (tertiary/aromatic N) is 3. The molecule has 1 aliphatic rings. The average molecular weight is 363 g/mol. The van der Waals surface area contributed by atoms with Crippen LogP contribution in [0.2, 0.25) is 0 Å². The van der Waals surface area contributed by atoms with Gasteiger partial charge in [0.1, 0.15) is 0 Å². The number of aromatic nitrogens is 2. The largest absolute Gasteiger partial charge is 0.372 e. The second-order valence-electron chi connectivity index (χ2n) is 5.77. The molecule has 24 heavy (non-hydrogen) atoms. The van der Waals surface area contributed by atoms with Crippen LogP contribution in [0.25, 0.3) is 0 Å². The van der Waals surface area contributed by atoms with Gasteiger partial charge in [0.05, 0.1) is 0 Å². The molecule has 1 saturated heterocycles. The third kappa shape index (κ3) is 4.48. The van der Waals surface area contributed by atoms with Gasteiger partial charge in [-0.1, -0.05) is 30.0 Å². The predicted molar refractivity (Wildman–Crippen MR) is 101 cm³/mol. The summed E-state index contributed by atoms with van der Waals surface area (Å²) in [6.45, 7) is 4.34. The summed E-state index contributed by atoms with van der Waals surface area (Å²) in [6, 6.07) is 7.83. The van der Waals surface area contributed by atoms with Crippen LogP contribution in [0, 0.1) is 0 Å². The molecule has 2 aromatic rings. The van der Waals surface area contributed by atoms with Crippen molar-refractivity contribution in [2.24, 2.45) is 0 Å². The van der Waals surface area contributed by atoms with Crippen LogP contribution < -0.4 is 10.2 Å². The summed E-state index contributed by atoms with van der Waals surface area (Å²) in [4.78, 5) is 14.7. The van der Waals surface area contributed by atoms with E-state index in [0.717, 1.165) is 29.6 Å². The number of thioether (sulfide) groups is 1. The topological polar surface area (TPSA) is 58.1 Å². The molecule has 1 fully saturated rings. The minimum Gasteiger partial charge on any atom is -0.372 e. The molecule has 1 aliphatic heterocycles. The van der Waals surface area contributed by atoms with Crippen LogP contribution in [-0.4, -0.2) is 34.9 Å². The van der Waals surface area contributed by atoms with Crippen molar-refractivity contribution in [2.75, 3.05) is 29.1 Å². The highest BCUT2D eigenvalue weighted by molar-refractivity contribution is 8.01. The Morgan fingerprint density at radius 3 is 2.67 bits per heavy atom. The number of hydrogen-bond acceptors (Lipinski definition) is 6. The van der Waals surface area contributed by atoms with Crippen molar-refractivity contribution in [3.8, 4) is 0 Å². The number of carbonyl (C=O) groups is 1. The molecule has 0 saturated carbocycles. The lowest BCUT2D eigenvalue weighted by Gasteiger charge is -2.28. The van der Waals surface area contributed by atoms with E-state index in [-0.39, 0.29) is 5.91 Å². The number of hydrogen-bond donors (Lipinski definition) is 1. The molecule has 0 unspecified atom stereocenters. The van der Waals surface area contributed by atoms with E-state index >= 15 is 0 Å². The van der Waals surface area contributed by atoms with Crippen LogP contribution in [0.15, 0.2) is 28.6 Å². The van der Waals surface area contributed by atoms with Crippen LogP contribution in [0.3, 0.4) is 0 Å². The predicted octanol–water partition coefficient (Wildman–Crippen LogP) is 4.28. The van der Waals surface area contributed by atoms with Crippen molar-refractivity contribution in [3.05, 3.63) is 29.8 Å². The highest BCUT2D eigenvalue weighted by atomic mass is 32.2. The molecule has 7 heteroatoms. The minimum atomic E-state index is -0.136. The Balaban J connectivity index is 1.59. The molecule has 128 valence electrons. The zero-order valence-electron chi connectivity index (χ0n) is 13.8. The highest BCUT2D eigenvalue weighted by Crippen LogP contribution is 2.26. The van der Waals surface area contributed by atoms with Crippen molar-refractivity contribution in [3.63, 3.8) is 0 Å². The molecule has 0 aliphatic carbocycles. The highest BCUT2D eigenvalue weighted by Gasteiger charge is 2.13. The Kier molecular flexibility index (Phi) is 6.09. The molecule has 0 radical (unpaired) electrons. The Morgan fingerprint density at radius 1 is 1.21 bits per heavy atom. The van der Waals surface area contributed by atoms with Crippen LogP contribution >= 0.6 is 23.1 Å². The minimum absolute atomic E-state index is 0.136. The molecule has 1 aromatic heterocycles. The van der Waals surface area contributed by atoms with Gasteiger partial charge in [0.25, 0.3) is 5.91 Å². The molecule has 1 N–H and O–H groups in total. The van der Waals surface area contributed by atoms with Gasteiger partial charge in [0, 0.05) is 30.1 Å². The fourth-order valence-electron chi connectivity index (χ4n) is 2.65. The number of rotatable bonds is 6. The van der Waals surface area contributed by atoms with Gasteiger partial charge < -0.3 is 4.90 Å². The van der Waals surface area contributed by atoms with Crippen molar-refractivity contribution in [1.29, 1.82) is 0 Å². The third-order valence-electron chi connectivity index (χ3n) is 3.91. The standard InChI is InChI=1S/C17H22N4OS2/c1-2-12-23-17-20-19-16(24-17)18-15(22)13-6-8-14(9-7-13)21-10-4-3-5-11-21/h6-9H,2-5,10-12H2,1H3,(H,18,19,22). The molecule has 0 atom stereocenters. The first-order valence-electron chi connectivity index (χ1n) is 8.39. The maximum atomic E-state index is 12.3. The lowest BCUT2D eigenvalue weighted by atomic mass is 10.1. The van der Waals surface area contributed by atoms with Crippen LogP contribution in [-0.2, 0) is 0 Å². The van der Waals surface area contributed by atoms with Gasteiger partial charge in [-0.15, -0.1) is 10.2 Å². The average Bonchev–Trinajstić information content (AvgIpc) is 3.08. The number of carbonyl (C=O) groups excluding carboxylic acids is 1. The lowest BCUT2D eigenvalue weighted by Crippen LogP contribution is -2.29. The van der Waals surface area contributed by atoms with Gasteiger partial charge in [-0.2, -0.15) is 0 Å². The summed E-state index contributed by atoms with van der Waals surface area (Å²) in [7, 11) is 0. The Bertz CT molecular complexity index is 665. The maximum absolute atomic E-state index is 12.3. The van der Waals surface area contributed by atoms with Gasteiger partial charge in [0.15, 0.2) is 4.34 Å². The lowest BCUT2D eigenvalue weighted by molar-refractivity contribution is 0.102. The third-order valence-corrected chi connectivity index (χ3v) is 6.09. The van der Waals surface area contributed by atoms with Gasteiger partial charge in [-0.05, 0) is 49.9 Å². The number of piperidine rings is 1. The monoisotopic (exact) mass is 362 g/mol. The van der Waals surface area contributed by atoms with E-state index in [9.17, 15) is 4.79 Å². The molecule has 0 spiro atoms. The summed E-state index contributed by atoms with van der Waals surface area (Å²) in [5.41, 5.74) is 1.84. The first-order valence-corrected chi connectivity index (χ1v) is 10.2. The van der Waals surface area contributed by atoms with Gasteiger partial charge in [-0.3, -0.25) is 10.1 Å². The summed E-state index contributed by atoms with van der Waals surface area (Å²) < 4.78 is 0.896. The molecule has 5 nitrogen and oxygen atoms in total. The Morgan fingerprint density at radius 2 is 1.96 bits per heavy atom. The van der Waals surface area contributed by atoms with Crippen molar-refractivity contribution in [2.45, 2.75) is 36.9 Å². The van der Waals surface area contributed by atoms with Gasteiger partial charge in [0.2, 0.25) is 5.13 Å². The molecule has 2 heterocycles. The van der Waals surface area contributed by atoms with Crippen molar-refractivity contribution in [1.82, 2.24) is 10.2 Å². The van der Waals surface area contributed by atoms with E-state index in [1.165, 1.54) is 36.3 Å². The number of benzene rings is 1. The number of anilines is 2. The molecule has 1 aromatic carbocycles. The Hall–Kier alpha value is -1.60.